The van der Waals surface area contributed by atoms with Crippen LogP contribution >= 0.6 is 11.6 Å². The van der Waals surface area contributed by atoms with Crippen LogP contribution < -0.4 is 4.74 Å². The Morgan fingerprint density at radius 2 is 2.14 bits per heavy atom. The lowest BCUT2D eigenvalue weighted by Crippen LogP contribution is -2.11. The first kappa shape index (κ1) is 10.9. The second kappa shape index (κ2) is 4.37. The zero-order valence-corrected chi connectivity index (χ0v) is 8.02. The molecule has 0 N–H and O–H groups in total. The molecule has 0 aromatic heterocycles. The van der Waals surface area contributed by atoms with Crippen LogP contribution in [0.1, 0.15) is 10.4 Å². The number of methoxy groups -OCH3 is 1. The fraction of sp³-hybridized carbons (Fsp3) is 0.222. The van der Waals surface area contributed by atoms with E-state index in [4.69, 9.17) is 16.3 Å². The van der Waals surface area contributed by atoms with E-state index in [2.05, 4.69) is 0 Å². The summed E-state index contributed by atoms with van der Waals surface area (Å²) in [6.45, 7) is 0. The third-order valence-corrected chi connectivity index (χ3v) is 1.86. The zero-order valence-electron chi connectivity index (χ0n) is 7.26. The fourth-order valence-electron chi connectivity index (χ4n) is 0.990. The highest BCUT2D eigenvalue weighted by atomic mass is 35.5. The number of halogens is 3. The molecule has 5 heteroatoms. The first-order chi connectivity index (χ1) is 6.56. The molecule has 0 heterocycles. The third-order valence-electron chi connectivity index (χ3n) is 1.63. The van der Waals surface area contributed by atoms with Crippen molar-refractivity contribution in [1.29, 1.82) is 0 Å². The molecule has 0 amide bonds. The highest BCUT2D eigenvalue weighted by molar-refractivity contribution is 6.31. The van der Waals surface area contributed by atoms with E-state index in [0.29, 0.717) is 0 Å². The van der Waals surface area contributed by atoms with Gasteiger partial charge in [0.05, 0.1) is 12.7 Å². The number of ether oxygens (including phenoxy) is 1. The lowest BCUT2D eigenvalue weighted by atomic mass is 10.1. The third kappa shape index (κ3) is 2.20. The molecule has 1 aromatic carbocycles. The van der Waals surface area contributed by atoms with Crippen LogP contribution in [0.5, 0.6) is 5.75 Å². The molecule has 76 valence electrons. The molecule has 1 aromatic rings. The molecule has 0 spiro atoms. The predicted molar refractivity (Wildman–Crippen MR) is 48.3 cm³/mol. The van der Waals surface area contributed by atoms with Crippen molar-refractivity contribution < 1.29 is 18.3 Å². The monoisotopic (exact) mass is 220 g/mol. The topological polar surface area (TPSA) is 26.3 Å². The van der Waals surface area contributed by atoms with Gasteiger partial charge in [-0.3, -0.25) is 4.79 Å². The lowest BCUT2D eigenvalue weighted by Gasteiger charge is -2.06. The standard InChI is InChI=1S/C9H7ClF2O2/c1-14-7-3-2-5(10)4-6(7)8(13)9(11)12/h2-4,9H,1H3. The summed E-state index contributed by atoms with van der Waals surface area (Å²) >= 11 is 5.57. The molecule has 0 bridgehead atoms. The minimum atomic E-state index is -3.05. The molecule has 0 unspecified atom stereocenters. The summed E-state index contributed by atoms with van der Waals surface area (Å²) in [5.74, 6) is -1.19. The van der Waals surface area contributed by atoms with Crippen molar-refractivity contribution in [2.45, 2.75) is 6.43 Å². The van der Waals surface area contributed by atoms with Crippen molar-refractivity contribution >= 4 is 17.4 Å². The van der Waals surface area contributed by atoms with Gasteiger partial charge in [-0.05, 0) is 18.2 Å². The summed E-state index contributed by atoms with van der Waals surface area (Å²) in [5.41, 5.74) is -0.199. The summed E-state index contributed by atoms with van der Waals surface area (Å²) in [5, 5.41) is 0.217. The van der Waals surface area contributed by atoms with Crippen LogP contribution in [0.3, 0.4) is 0 Å². The van der Waals surface area contributed by atoms with Crippen molar-refractivity contribution in [3.8, 4) is 5.75 Å². The Morgan fingerprint density at radius 1 is 1.50 bits per heavy atom. The van der Waals surface area contributed by atoms with Gasteiger partial charge < -0.3 is 4.74 Å². The summed E-state index contributed by atoms with van der Waals surface area (Å²) in [7, 11) is 1.30. The average molecular weight is 221 g/mol. The van der Waals surface area contributed by atoms with E-state index in [9.17, 15) is 13.6 Å². The van der Waals surface area contributed by atoms with Crippen molar-refractivity contribution in [2.75, 3.05) is 7.11 Å². The van der Waals surface area contributed by atoms with Gasteiger partial charge in [0.25, 0.3) is 0 Å². The van der Waals surface area contributed by atoms with E-state index in [1.807, 2.05) is 0 Å². The van der Waals surface area contributed by atoms with E-state index in [-0.39, 0.29) is 16.3 Å². The van der Waals surface area contributed by atoms with E-state index in [1.165, 1.54) is 19.2 Å². The molecule has 2 nitrogen and oxygen atoms in total. The van der Waals surface area contributed by atoms with Gasteiger partial charge in [0, 0.05) is 5.02 Å². The zero-order chi connectivity index (χ0) is 10.7. The van der Waals surface area contributed by atoms with Gasteiger partial charge in [0.2, 0.25) is 5.78 Å². The van der Waals surface area contributed by atoms with Crippen LogP contribution in [0.4, 0.5) is 8.78 Å². The Labute approximate surface area is 84.4 Å². The number of alkyl halides is 2. The van der Waals surface area contributed by atoms with Crippen LogP contribution in [0.2, 0.25) is 5.02 Å². The predicted octanol–water partition coefficient (Wildman–Crippen LogP) is 2.80. The molecule has 0 saturated heterocycles. The smallest absolute Gasteiger partial charge is 0.300 e. The van der Waals surface area contributed by atoms with Crippen molar-refractivity contribution in [3.63, 3.8) is 0 Å². The molecular weight excluding hydrogens is 214 g/mol. The quantitative estimate of drug-likeness (QED) is 0.733. The van der Waals surface area contributed by atoms with Gasteiger partial charge in [0.1, 0.15) is 5.75 Å². The maximum atomic E-state index is 12.1. The van der Waals surface area contributed by atoms with Crippen molar-refractivity contribution in [2.24, 2.45) is 0 Å². The van der Waals surface area contributed by atoms with E-state index in [1.54, 1.807) is 0 Å². The second-order valence-corrected chi connectivity index (χ2v) is 2.95. The van der Waals surface area contributed by atoms with Crippen LogP contribution in [0.25, 0.3) is 0 Å². The largest absolute Gasteiger partial charge is 0.496 e. The molecule has 0 aliphatic carbocycles. The normalized spacial score (nSPS) is 10.4. The number of carbonyl (C=O) groups excluding carboxylic acids is 1. The molecule has 0 radical (unpaired) electrons. The maximum Gasteiger partial charge on any atom is 0.300 e. The Balaban J connectivity index is 3.17. The highest BCUT2D eigenvalue weighted by Crippen LogP contribution is 2.24. The van der Waals surface area contributed by atoms with Gasteiger partial charge in [-0.15, -0.1) is 0 Å². The van der Waals surface area contributed by atoms with Gasteiger partial charge >= 0.3 is 6.43 Å². The molecule has 0 saturated carbocycles. The number of ketones is 1. The second-order valence-electron chi connectivity index (χ2n) is 2.51. The van der Waals surface area contributed by atoms with Crippen molar-refractivity contribution in [3.05, 3.63) is 28.8 Å². The highest BCUT2D eigenvalue weighted by Gasteiger charge is 2.21. The summed E-state index contributed by atoms with van der Waals surface area (Å²) in [6, 6.07) is 4.00. The van der Waals surface area contributed by atoms with E-state index < -0.39 is 12.2 Å². The van der Waals surface area contributed by atoms with Crippen LogP contribution in [0.15, 0.2) is 18.2 Å². The van der Waals surface area contributed by atoms with Crippen molar-refractivity contribution in [1.82, 2.24) is 0 Å². The number of rotatable bonds is 3. The Kier molecular flexibility index (Phi) is 3.41. The number of hydrogen-bond acceptors (Lipinski definition) is 2. The van der Waals surface area contributed by atoms with E-state index in [0.717, 1.165) is 6.07 Å². The summed E-state index contributed by atoms with van der Waals surface area (Å²) in [4.78, 5) is 11.0. The number of benzene rings is 1. The summed E-state index contributed by atoms with van der Waals surface area (Å²) < 4.78 is 29.0. The fourth-order valence-corrected chi connectivity index (χ4v) is 1.16. The minimum Gasteiger partial charge on any atom is -0.496 e. The summed E-state index contributed by atoms with van der Waals surface area (Å²) in [6.07, 6.45) is -3.05. The van der Waals surface area contributed by atoms with Crippen LogP contribution in [0, 0.1) is 0 Å². The first-order valence-corrected chi connectivity index (χ1v) is 4.10. The lowest BCUT2D eigenvalue weighted by molar-refractivity contribution is 0.0675. The van der Waals surface area contributed by atoms with Gasteiger partial charge in [0.15, 0.2) is 0 Å². The SMILES string of the molecule is COc1ccc(Cl)cc1C(=O)C(F)F. The Morgan fingerprint density at radius 3 is 2.64 bits per heavy atom. The van der Waals surface area contributed by atoms with Gasteiger partial charge in [-0.1, -0.05) is 11.6 Å². The van der Waals surface area contributed by atoms with Crippen LogP contribution in [-0.2, 0) is 0 Å². The van der Waals surface area contributed by atoms with Crippen LogP contribution in [-0.4, -0.2) is 19.3 Å². The molecule has 14 heavy (non-hydrogen) atoms. The van der Waals surface area contributed by atoms with Gasteiger partial charge in [-0.25, -0.2) is 8.78 Å². The maximum absolute atomic E-state index is 12.1. The van der Waals surface area contributed by atoms with E-state index >= 15 is 0 Å². The molecule has 0 fully saturated rings. The average Bonchev–Trinajstić information content (AvgIpc) is 2.16. The molecule has 1 rings (SSSR count). The minimum absolute atomic E-state index is 0.0969. The molecule has 0 aliphatic heterocycles. The number of Topliss-reactive ketones (excluding diaryl/α,β-unsaturated/α-hetero) is 1. The van der Waals surface area contributed by atoms with Gasteiger partial charge in [-0.2, -0.15) is 0 Å². The molecular formula is C9H7ClF2O2. The Hall–Kier alpha value is -1.16. The molecule has 0 aliphatic rings. The Bertz CT molecular complexity index is 353. The number of carbonyl (C=O) groups is 1. The molecule has 0 atom stereocenters. The first-order valence-electron chi connectivity index (χ1n) is 3.72. The number of hydrogen-bond donors (Lipinski definition) is 0.